The predicted octanol–water partition coefficient (Wildman–Crippen LogP) is 30.9. The second-order valence-corrected chi connectivity index (χ2v) is 37.3. The van der Waals surface area contributed by atoms with Crippen LogP contribution in [0.25, 0.3) is 50.2 Å². The number of ketones is 3. The summed E-state index contributed by atoms with van der Waals surface area (Å²) in [4.78, 5) is 84.4. The zero-order valence-corrected chi connectivity index (χ0v) is 83.4. The molecule has 0 aliphatic carbocycles. The lowest BCUT2D eigenvalue weighted by molar-refractivity contribution is -0.136. The van der Waals surface area contributed by atoms with Crippen LogP contribution in [0.2, 0.25) is 0 Å². The normalized spacial score (nSPS) is 11.8. The molecule has 0 N–H and O–H groups in total. The van der Waals surface area contributed by atoms with Crippen LogP contribution in [0.3, 0.4) is 0 Å². The summed E-state index contributed by atoms with van der Waals surface area (Å²) in [5, 5.41) is 29.5. The summed E-state index contributed by atoms with van der Waals surface area (Å²) < 4.78 is 33.0. The number of methoxy groups -OCH3 is 3. The Kier molecular flexibility index (Phi) is 30.9. The van der Waals surface area contributed by atoms with Crippen LogP contribution < -0.4 is 14.2 Å². The van der Waals surface area contributed by atoms with Crippen LogP contribution in [0.4, 0.5) is 0 Å². The molecule has 0 amide bonds. The number of fused-ring (bicyclic) bond motifs is 12. The molecule has 0 aromatic heterocycles. The second-order valence-electron chi connectivity index (χ2n) is 34.1. The van der Waals surface area contributed by atoms with Gasteiger partial charge in [-0.2, -0.15) is 15.8 Å². The van der Waals surface area contributed by atoms with Gasteiger partial charge in [-0.15, -0.1) is 0 Å². The van der Waals surface area contributed by atoms with Gasteiger partial charge in [-0.25, -0.2) is 14.4 Å². The van der Waals surface area contributed by atoms with E-state index in [0.717, 1.165) is 126 Å². The maximum atomic E-state index is 13.3. The molecule has 18 aromatic carbocycles. The van der Waals surface area contributed by atoms with Crippen LogP contribution in [0.1, 0.15) is 115 Å². The highest BCUT2D eigenvalue weighted by atomic mass is 32.2. The maximum Gasteiger partial charge on any atom is 0.342 e. The van der Waals surface area contributed by atoms with Gasteiger partial charge in [0.15, 0.2) is 0 Å². The van der Waals surface area contributed by atoms with Gasteiger partial charge in [0, 0.05) is 113 Å². The van der Waals surface area contributed by atoms with Crippen molar-refractivity contribution in [3.63, 3.8) is 0 Å². The Morgan fingerprint density at radius 1 is 0.200 bits per heavy atom. The summed E-state index contributed by atoms with van der Waals surface area (Å²) in [5.41, 5.74) is 21.8. The molecule has 0 atom stereocenters. The van der Waals surface area contributed by atoms with Gasteiger partial charge >= 0.3 is 17.9 Å². The minimum absolute atomic E-state index is 0.00750. The number of carbonyl (C=O) groups is 6. The van der Waals surface area contributed by atoms with Crippen molar-refractivity contribution in [1.82, 2.24) is 0 Å². The molecule has 0 radical (unpaired) electrons. The lowest BCUT2D eigenvalue weighted by Gasteiger charge is -2.24. The smallest absolute Gasteiger partial charge is 0.342 e. The molecular formula is C132H87N3O12S3. The van der Waals surface area contributed by atoms with E-state index in [9.17, 15) is 44.6 Å². The van der Waals surface area contributed by atoms with Gasteiger partial charge < -0.3 is 28.4 Å². The first kappa shape index (κ1) is 99.5. The first-order chi connectivity index (χ1) is 73.8. The van der Waals surface area contributed by atoms with Crippen molar-refractivity contribution in [2.24, 2.45) is 0 Å². The zero-order chi connectivity index (χ0) is 103. The summed E-state index contributed by atoms with van der Waals surface area (Å²) in [6.07, 6.45) is 0. The maximum absolute atomic E-state index is 13.3. The fraction of sp³-hybridized carbons (Fsp3) is 0.0227. The summed E-state index contributed by atoms with van der Waals surface area (Å²) in [7, 11) is 4.01. The average molecular weight is 2000 g/mol. The van der Waals surface area contributed by atoms with Crippen molar-refractivity contribution in [3.8, 4) is 52.7 Å². The molecule has 0 saturated carbocycles. The number of ether oxygens (including phenoxy) is 6. The molecule has 150 heavy (non-hydrogen) atoms. The fourth-order valence-electron chi connectivity index (χ4n) is 18.4. The van der Waals surface area contributed by atoms with E-state index in [0.29, 0.717) is 78.7 Å². The minimum Gasteiger partial charge on any atom is -0.465 e. The molecule has 0 fully saturated rings. The van der Waals surface area contributed by atoms with Gasteiger partial charge in [0.2, 0.25) is 17.3 Å². The molecule has 18 heteroatoms. The molecule has 0 saturated heterocycles. The summed E-state index contributed by atoms with van der Waals surface area (Å²) in [6, 6.07) is 157. The van der Waals surface area contributed by atoms with Crippen molar-refractivity contribution >= 4 is 121 Å². The number of hydrogen-bond donors (Lipinski definition) is 0. The standard InChI is InChI=1S/C23H16O4.C23H16O3S.C22H13NO2.C22H16O2S.C21H13NO.C21H13NS/c2*1-26-23(25)21(22(24)15-9-3-2-4-10-15)20-16-11-5-7-13-18(16)27-19-14-8-6-12-17(19)20;23-14-18(22(24)15-8-2-1-3-9-15)21-16-10-4-6-12-19(16)25-20-13-7-5-11-17(20)21;1-24-22(23)20(15-9-3-2-4-10-15)21-16-11-5-7-13-18(16)25-19-14-8-6-12-17(19)21;2*22-14-18(15-8-2-1-3-9-15)21-16-10-4-6-12-19(16)23-20-13-7-5-11-17(20)21/h2*2-14H,1H3;1-13H;2-14H,1H3;2*1-13H. The number of para-hydroxylation sites is 6. The topological polar surface area (TPSA) is 229 Å². The lowest BCUT2D eigenvalue weighted by Crippen LogP contribution is -2.19. The van der Waals surface area contributed by atoms with Gasteiger partial charge in [-0.05, 0) is 123 Å². The van der Waals surface area contributed by atoms with Crippen LogP contribution >= 0.6 is 35.3 Å². The number of nitriles is 3. The largest absolute Gasteiger partial charge is 0.465 e. The number of esters is 3. The number of allylic oxidation sites excluding steroid dienone is 3. The average Bonchev–Trinajstić information content (AvgIpc) is 0.732. The summed E-state index contributed by atoms with van der Waals surface area (Å²) in [6.45, 7) is 0. The van der Waals surface area contributed by atoms with Gasteiger partial charge in [0.05, 0.1) is 38.0 Å². The zero-order valence-electron chi connectivity index (χ0n) is 81.0. The summed E-state index contributed by atoms with van der Waals surface area (Å²) in [5.74, 6) is 1.40. The Bertz CT molecular complexity index is 8030. The lowest BCUT2D eigenvalue weighted by atomic mass is 9.87. The Morgan fingerprint density at radius 2 is 0.400 bits per heavy atom. The fourth-order valence-corrected chi connectivity index (χ4v) is 21.7. The van der Waals surface area contributed by atoms with Crippen molar-refractivity contribution in [1.29, 1.82) is 15.8 Å². The molecule has 6 aliphatic heterocycles. The van der Waals surface area contributed by atoms with Crippen LogP contribution in [0.15, 0.2) is 519 Å². The van der Waals surface area contributed by atoms with Crippen LogP contribution in [-0.4, -0.2) is 56.6 Å². The van der Waals surface area contributed by atoms with E-state index in [1.54, 1.807) is 108 Å². The van der Waals surface area contributed by atoms with Gasteiger partial charge in [0.25, 0.3) is 0 Å². The predicted molar refractivity (Wildman–Crippen MR) is 590 cm³/mol. The molecule has 720 valence electrons. The molecule has 15 nitrogen and oxygen atoms in total. The first-order valence-electron chi connectivity index (χ1n) is 47.8. The van der Waals surface area contributed by atoms with Crippen molar-refractivity contribution in [2.45, 2.75) is 29.4 Å². The van der Waals surface area contributed by atoms with Gasteiger partial charge in [0.1, 0.15) is 69.4 Å². The number of benzene rings is 18. The molecule has 6 heterocycles. The first-order valence-corrected chi connectivity index (χ1v) is 50.3. The number of carbonyl (C=O) groups excluding carboxylic acids is 6. The highest BCUT2D eigenvalue weighted by molar-refractivity contribution is 8.00. The van der Waals surface area contributed by atoms with E-state index in [1.165, 1.54) is 31.1 Å². The Labute approximate surface area is 880 Å². The molecule has 24 rings (SSSR count). The van der Waals surface area contributed by atoms with E-state index in [1.807, 2.05) is 352 Å². The number of Topliss-reactive ketones (excluding diaryl/α,β-unsaturated/α-hetero) is 3. The van der Waals surface area contributed by atoms with Gasteiger partial charge in [-0.1, -0.05) is 436 Å². The van der Waals surface area contributed by atoms with E-state index in [4.69, 9.17) is 28.4 Å². The second kappa shape index (κ2) is 46.6. The minimum atomic E-state index is -0.676. The number of nitrogens with zero attached hydrogens (tertiary/aromatic N) is 3. The molecule has 18 aromatic rings. The van der Waals surface area contributed by atoms with E-state index in [2.05, 4.69) is 66.7 Å². The SMILES string of the molecule is COC(=O)C(=C1c2ccccc2Sc2ccccc21)c1ccccc1.COC(=O)C(C(=O)c1ccccc1)=C1c2ccccc2Oc2ccccc21.COC(=O)C(C(=O)c1ccccc1)=C1c2ccccc2Sc2ccccc21.N#CC(=C1c2ccccc2Oc2ccccc21)c1ccccc1.N#CC(=C1c2ccccc2Sc2ccccc21)c1ccccc1.N#CC(C(=O)c1ccccc1)=C1c2ccccc2Oc2ccccc21. The van der Waals surface area contributed by atoms with E-state index >= 15 is 0 Å². The third-order valence-electron chi connectivity index (χ3n) is 25.2. The molecule has 6 aliphatic rings. The van der Waals surface area contributed by atoms with Crippen LogP contribution in [0, 0.1) is 34.0 Å². The third-order valence-corrected chi connectivity index (χ3v) is 28.6. The Balaban J connectivity index is 0.000000113. The van der Waals surface area contributed by atoms with E-state index < -0.39 is 11.9 Å². The van der Waals surface area contributed by atoms with Gasteiger partial charge in [-0.3, -0.25) is 14.4 Å². The molecular weight excluding hydrogens is 1920 g/mol. The highest BCUT2D eigenvalue weighted by Crippen LogP contribution is 2.54. The monoisotopic (exact) mass is 2000 g/mol. The number of rotatable bonds is 12. The molecule has 0 unspecified atom stereocenters. The third kappa shape index (κ3) is 20.9. The van der Waals surface area contributed by atoms with Crippen molar-refractivity contribution in [3.05, 3.63) is 590 Å². The summed E-state index contributed by atoms with van der Waals surface area (Å²) >= 11 is 5.13. The van der Waals surface area contributed by atoms with E-state index in [-0.39, 0.29) is 40.0 Å². The van der Waals surface area contributed by atoms with Crippen molar-refractivity contribution < 1.29 is 57.2 Å². The highest BCUT2D eigenvalue weighted by Gasteiger charge is 2.37. The Morgan fingerprint density at radius 3 is 0.667 bits per heavy atom. The van der Waals surface area contributed by atoms with Crippen LogP contribution in [0.5, 0.6) is 34.5 Å². The van der Waals surface area contributed by atoms with Crippen LogP contribution in [-0.2, 0) is 28.6 Å². The Hall–Kier alpha value is -19.3. The quantitative estimate of drug-likeness (QED) is 0.0210. The van der Waals surface area contributed by atoms with Crippen molar-refractivity contribution in [2.75, 3.05) is 21.3 Å². The molecule has 0 spiro atoms. The molecule has 0 bridgehead atoms. The number of hydrogen-bond acceptors (Lipinski definition) is 18.